The van der Waals surface area contributed by atoms with Crippen LogP contribution in [-0.4, -0.2) is 36.8 Å². The van der Waals surface area contributed by atoms with E-state index in [1.54, 1.807) is 21.0 Å². The lowest BCUT2D eigenvalue weighted by Gasteiger charge is -2.24. The van der Waals surface area contributed by atoms with Crippen LogP contribution in [0.5, 0.6) is 0 Å². The lowest BCUT2D eigenvalue weighted by atomic mass is 10.1. The first kappa shape index (κ1) is 13.1. The molecule has 1 amide bonds. The molecule has 0 radical (unpaired) electrons. The van der Waals surface area contributed by atoms with Gasteiger partial charge in [-0.15, -0.1) is 0 Å². The summed E-state index contributed by atoms with van der Waals surface area (Å²) >= 11 is 4.95. The maximum Gasteiger partial charge on any atom is 0.242 e. The molecule has 0 aromatic rings. The minimum Gasteiger partial charge on any atom is -0.383 e. The van der Waals surface area contributed by atoms with Gasteiger partial charge >= 0.3 is 0 Å². The number of methoxy groups -OCH3 is 1. The highest BCUT2D eigenvalue weighted by Crippen LogP contribution is 1.99. The van der Waals surface area contributed by atoms with Crippen LogP contribution < -0.4 is 16.4 Å². The first-order valence-corrected chi connectivity index (χ1v) is 4.66. The number of amides is 1. The van der Waals surface area contributed by atoms with Crippen molar-refractivity contribution in [3.05, 3.63) is 0 Å². The lowest BCUT2D eigenvalue weighted by Crippen LogP contribution is -2.55. The highest BCUT2D eigenvalue weighted by molar-refractivity contribution is 7.80. The molecule has 0 unspecified atom stereocenters. The molecule has 0 rings (SSSR count). The first-order valence-electron chi connectivity index (χ1n) is 4.25. The average molecular weight is 219 g/mol. The molecule has 4 N–H and O–H groups in total. The maximum atomic E-state index is 10.9. The number of nitrogens with two attached hydrogens (primary N) is 1. The third-order valence-electron chi connectivity index (χ3n) is 1.63. The predicted molar refractivity (Wildman–Crippen MR) is 58.9 cm³/mol. The number of ether oxygens (including phenoxy) is 1. The molecule has 0 aliphatic carbocycles. The van der Waals surface area contributed by atoms with Crippen LogP contribution in [0.2, 0.25) is 0 Å². The molecule has 0 saturated carbocycles. The van der Waals surface area contributed by atoms with Crippen molar-refractivity contribution >= 4 is 23.2 Å². The molecule has 14 heavy (non-hydrogen) atoms. The molecule has 0 aromatic heterocycles. The van der Waals surface area contributed by atoms with Crippen LogP contribution >= 0.6 is 12.2 Å². The Balaban J connectivity index is 3.88. The number of thiocarbonyl (C=S) groups is 1. The van der Waals surface area contributed by atoms with Crippen molar-refractivity contribution in [2.45, 2.75) is 19.4 Å². The van der Waals surface area contributed by atoms with Crippen molar-refractivity contribution in [3.63, 3.8) is 0 Å². The Labute approximate surface area is 89.4 Å². The summed E-state index contributed by atoms with van der Waals surface area (Å²) < 4.78 is 4.83. The quantitative estimate of drug-likeness (QED) is 0.423. The number of carbonyl (C=O) groups is 1. The SMILES string of the molecule is COCCNC(=S)NC(C)(C)C(N)=O. The van der Waals surface area contributed by atoms with Crippen LogP contribution in [0.3, 0.4) is 0 Å². The summed E-state index contributed by atoms with van der Waals surface area (Å²) in [6.45, 7) is 4.48. The summed E-state index contributed by atoms with van der Waals surface area (Å²) in [7, 11) is 1.60. The molecule has 0 aliphatic heterocycles. The molecule has 0 heterocycles. The molecule has 0 spiro atoms. The lowest BCUT2D eigenvalue weighted by molar-refractivity contribution is -0.122. The number of hydrogen-bond acceptors (Lipinski definition) is 3. The summed E-state index contributed by atoms with van der Waals surface area (Å²) in [5.74, 6) is -0.451. The molecule has 0 saturated heterocycles. The van der Waals surface area contributed by atoms with Gasteiger partial charge in [0.25, 0.3) is 0 Å². The second-order valence-electron chi connectivity index (χ2n) is 3.36. The minimum absolute atomic E-state index is 0.394. The van der Waals surface area contributed by atoms with E-state index in [-0.39, 0.29) is 0 Å². The molecule has 5 nitrogen and oxygen atoms in total. The van der Waals surface area contributed by atoms with Gasteiger partial charge in [0.15, 0.2) is 5.11 Å². The van der Waals surface area contributed by atoms with Gasteiger partial charge in [-0.25, -0.2) is 0 Å². The Morgan fingerprint density at radius 1 is 1.57 bits per heavy atom. The molecule has 0 fully saturated rings. The van der Waals surface area contributed by atoms with Crippen molar-refractivity contribution in [1.29, 1.82) is 0 Å². The summed E-state index contributed by atoms with van der Waals surface area (Å²) in [6, 6.07) is 0. The topological polar surface area (TPSA) is 76.4 Å². The zero-order chi connectivity index (χ0) is 11.2. The van der Waals surface area contributed by atoms with Crippen LogP contribution in [0.4, 0.5) is 0 Å². The second-order valence-corrected chi connectivity index (χ2v) is 3.77. The molecule has 0 aromatic carbocycles. The largest absolute Gasteiger partial charge is 0.383 e. The number of primary amides is 1. The maximum absolute atomic E-state index is 10.9. The van der Waals surface area contributed by atoms with Crippen LogP contribution in [0.1, 0.15) is 13.8 Å². The van der Waals surface area contributed by atoms with Crippen molar-refractivity contribution < 1.29 is 9.53 Å². The Morgan fingerprint density at radius 3 is 2.57 bits per heavy atom. The van der Waals surface area contributed by atoms with E-state index in [0.29, 0.717) is 18.3 Å². The van der Waals surface area contributed by atoms with E-state index in [1.165, 1.54) is 0 Å². The second kappa shape index (κ2) is 5.77. The molecule has 82 valence electrons. The highest BCUT2D eigenvalue weighted by Gasteiger charge is 2.24. The van der Waals surface area contributed by atoms with Gasteiger partial charge in [-0.2, -0.15) is 0 Å². The van der Waals surface area contributed by atoms with Crippen molar-refractivity contribution in [2.75, 3.05) is 20.3 Å². The Hall–Kier alpha value is -0.880. The number of nitrogens with one attached hydrogen (secondary N) is 2. The van der Waals surface area contributed by atoms with E-state index in [2.05, 4.69) is 10.6 Å². The van der Waals surface area contributed by atoms with Gasteiger partial charge in [0.05, 0.1) is 6.61 Å². The third-order valence-corrected chi connectivity index (χ3v) is 1.88. The number of hydrogen-bond donors (Lipinski definition) is 3. The summed E-state index contributed by atoms with van der Waals surface area (Å²) in [5.41, 5.74) is 4.32. The van der Waals surface area contributed by atoms with Gasteiger partial charge in [-0.1, -0.05) is 0 Å². The third kappa shape index (κ3) is 4.98. The van der Waals surface area contributed by atoms with E-state index in [0.717, 1.165) is 0 Å². The molecular formula is C8H17N3O2S. The Morgan fingerprint density at radius 2 is 2.14 bits per heavy atom. The minimum atomic E-state index is -0.836. The van der Waals surface area contributed by atoms with E-state index in [9.17, 15) is 4.79 Å². The van der Waals surface area contributed by atoms with Crippen LogP contribution in [0, 0.1) is 0 Å². The van der Waals surface area contributed by atoms with Gasteiger partial charge < -0.3 is 21.1 Å². The highest BCUT2D eigenvalue weighted by atomic mass is 32.1. The monoisotopic (exact) mass is 219 g/mol. The van der Waals surface area contributed by atoms with Crippen molar-refractivity contribution in [1.82, 2.24) is 10.6 Å². The van der Waals surface area contributed by atoms with E-state index in [1.807, 2.05) is 0 Å². The zero-order valence-electron chi connectivity index (χ0n) is 8.72. The van der Waals surface area contributed by atoms with E-state index in [4.69, 9.17) is 22.7 Å². The predicted octanol–water partition coefficient (Wildman–Crippen LogP) is -0.639. The Bertz CT molecular complexity index is 219. The summed E-state index contributed by atoms with van der Waals surface area (Å²) in [5, 5.41) is 6.08. The van der Waals surface area contributed by atoms with E-state index < -0.39 is 11.4 Å². The molecule has 0 atom stereocenters. The van der Waals surface area contributed by atoms with Gasteiger partial charge in [0, 0.05) is 13.7 Å². The average Bonchev–Trinajstić information content (AvgIpc) is 2.03. The molecule has 6 heteroatoms. The summed E-state index contributed by atoms with van der Waals surface area (Å²) in [4.78, 5) is 10.9. The standard InChI is InChI=1S/C8H17N3O2S/c1-8(2,6(9)12)11-7(14)10-4-5-13-3/h4-5H2,1-3H3,(H2,9,12)(H2,10,11,14). The van der Waals surface area contributed by atoms with Crippen LogP contribution in [-0.2, 0) is 9.53 Å². The van der Waals surface area contributed by atoms with Gasteiger partial charge in [-0.05, 0) is 26.1 Å². The fraction of sp³-hybridized carbons (Fsp3) is 0.750. The fourth-order valence-corrected chi connectivity index (χ4v) is 1.01. The zero-order valence-corrected chi connectivity index (χ0v) is 9.53. The van der Waals surface area contributed by atoms with Gasteiger partial charge in [-0.3, -0.25) is 4.79 Å². The van der Waals surface area contributed by atoms with Crippen LogP contribution in [0.25, 0.3) is 0 Å². The number of carbonyl (C=O) groups excluding carboxylic acids is 1. The normalized spacial score (nSPS) is 10.8. The smallest absolute Gasteiger partial charge is 0.242 e. The molecule has 0 bridgehead atoms. The first-order chi connectivity index (χ1) is 6.40. The van der Waals surface area contributed by atoms with Crippen LogP contribution in [0.15, 0.2) is 0 Å². The van der Waals surface area contributed by atoms with E-state index >= 15 is 0 Å². The van der Waals surface area contributed by atoms with Gasteiger partial charge in [0.1, 0.15) is 5.54 Å². The molecule has 0 aliphatic rings. The van der Waals surface area contributed by atoms with Gasteiger partial charge in [0.2, 0.25) is 5.91 Å². The number of rotatable bonds is 5. The summed E-state index contributed by atoms with van der Waals surface area (Å²) in [6.07, 6.45) is 0. The Kier molecular flexibility index (Phi) is 5.40. The molecular weight excluding hydrogens is 202 g/mol. The van der Waals surface area contributed by atoms with Crippen molar-refractivity contribution in [2.24, 2.45) is 5.73 Å². The fourth-order valence-electron chi connectivity index (χ4n) is 0.656. The van der Waals surface area contributed by atoms with Crippen molar-refractivity contribution in [3.8, 4) is 0 Å².